The molecule has 0 aromatic heterocycles. The number of carboxylic acids is 1. The number of likely N-dealkylation sites (tertiary alicyclic amines) is 1. The van der Waals surface area contributed by atoms with Crippen LogP contribution in [-0.2, 0) is 22.6 Å². The number of hydrogen-bond donors (Lipinski definition) is 3. The van der Waals surface area contributed by atoms with E-state index in [9.17, 15) is 19.8 Å². The van der Waals surface area contributed by atoms with Crippen molar-refractivity contribution in [1.82, 2.24) is 10.2 Å². The number of aliphatic carboxylic acids is 1. The van der Waals surface area contributed by atoms with Gasteiger partial charge < -0.3 is 15.5 Å². The maximum absolute atomic E-state index is 12.3. The van der Waals surface area contributed by atoms with Gasteiger partial charge in [0.2, 0.25) is 5.91 Å². The standard InChI is InChI=1S/C23H28N2O4/c1-17-7-5-6-10-19(17)14-24-21(27)16-25-12-11-23(22(28)29,20(26)15-25)13-18-8-3-2-4-9-18/h2-10,20,26H,11-16H2,1H3,(H,24,27)(H,28,29)/t20?,23-/m1/s1. The van der Waals surface area contributed by atoms with Gasteiger partial charge in [0.15, 0.2) is 0 Å². The molecule has 3 N–H and O–H groups in total. The molecule has 0 bridgehead atoms. The van der Waals surface area contributed by atoms with Crippen LogP contribution in [0.1, 0.15) is 23.1 Å². The quantitative estimate of drug-likeness (QED) is 0.666. The first kappa shape index (κ1) is 21.0. The third kappa shape index (κ3) is 5.02. The number of carbonyl (C=O) groups excluding carboxylic acids is 1. The predicted octanol–water partition coefficient (Wildman–Crippen LogP) is 1.99. The van der Waals surface area contributed by atoms with Crippen molar-refractivity contribution in [1.29, 1.82) is 0 Å². The summed E-state index contributed by atoms with van der Waals surface area (Å²) in [6.07, 6.45) is -0.473. The lowest BCUT2D eigenvalue weighted by Gasteiger charge is -2.42. The number of amides is 1. The Labute approximate surface area is 171 Å². The first-order valence-electron chi connectivity index (χ1n) is 9.90. The number of rotatable bonds is 7. The molecule has 0 radical (unpaired) electrons. The zero-order valence-electron chi connectivity index (χ0n) is 16.7. The Morgan fingerprint density at radius 2 is 1.83 bits per heavy atom. The molecule has 2 aromatic carbocycles. The van der Waals surface area contributed by atoms with Crippen molar-refractivity contribution < 1.29 is 19.8 Å². The van der Waals surface area contributed by atoms with Gasteiger partial charge in [-0.2, -0.15) is 0 Å². The number of aliphatic hydroxyl groups excluding tert-OH is 1. The van der Waals surface area contributed by atoms with Gasteiger partial charge in [-0.1, -0.05) is 54.6 Å². The van der Waals surface area contributed by atoms with Gasteiger partial charge in [0.1, 0.15) is 5.41 Å². The summed E-state index contributed by atoms with van der Waals surface area (Å²) < 4.78 is 0. The highest BCUT2D eigenvalue weighted by Crippen LogP contribution is 2.36. The normalized spacial score (nSPS) is 22.2. The van der Waals surface area contributed by atoms with Crippen LogP contribution >= 0.6 is 0 Å². The highest BCUT2D eigenvalue weighted by atomic mass is 16.4. The summed E-state index contributed by atoms with van der Waals surface area (Å²) in [4.78, 5) is 26.2. The number of carbonyl (C=O) groups is 2. The van der Waals surface area contributed by atoms with Crippen molar-refractivity contribution in [2.24, 2.45) is 5.41 Å². The average Bonchev–Trinajstić information content (AvgIpc) is 2.70. The van der Waals surface area contributed by atoms with Crippen LogP contribution in [0.3, 0.4) is 0 Å². The summed E-state index contributed by atoms with van der Waals surface area (Å²) in [7, 11) is 0. The molecule has 1 aliphatic heterocycles. The van der Waals surface area contributed by atoms with Gasteiger partial charge in [0.05, 0.1) is 12.6 Å². The number of piperidine rings is 1. The van der Waals surface area contributed by atoms with Crippen LogP contribution in [0.4, 0.5) is 0 Å². The molecule has 3 rings (SSSR count). The number of aliphatic hydroxyl groups is 1. The Hall–Kier alpha value is -2.70. The monoisotopic (exact) mass is 396 g/mol. The number of carboxylic acid groups (broad SMARTS) is 1. The highest BCUT2D eigenvalue weighted by Gasteiger charge is 2.48. The molecule has 154 valence electrons. The van der Waals surface area contributed by atoms with Crippen molar-refractivity contribution in [2.45, 2.75) is 32.4 Å². The van der Waals surface area contributed by atoms with E-state index < -0.39 is 17.5 Å². The summed E-state index contributed by atoms with van der Waals surface area (Å²) in [6, 6.07) is 17.2. The maximum atomic E-state index is 12.3. The van der Waals surface area contributed by atoms with E-state index in [0.29, 0.717) is 19.5 Å². The van der Waals surface area contributed by atoms with E-state index in [-0.39, 0.29) is 25.4 Å². The van der Waals surface area contributed by atoms with Crippen molar-refractivity contribution in [3.63, 3.8) is 0 Å². The van der Waals surface area contributed by atoms with Crippen molar-refractivity contribution in [3.8, 4) is 0 Å². The summed E-state index contributed by atoms with van der Waals surface area (Å²) >= 11 is 0. The molecule has 2 aromatic rings. The molecule has 0 saturated carbocycles. The molecule has 1 amide bonds. The Morgan fingerprint density at radius 1 is 1.14 bits per heavy atom. The first-order chi connectivity index (χ1) is 13.9. The second-order valence-electron chi connectivity index (χ2n) is 7.83. The maximum Gasteiger partial charge on any atom is 0.312 e. The SMILES string of the molecule is Cc1ccccc1CNC(=O)CN1CC[C@](Cc2ccccc2)(C(=O)O)C(O)C1. The van der Waals surface area contributed by atoms with Crippen LogP contribution in [0.5, 0.6) is 0 Å². The fourth-order valence-corrected chi connectivity index (χ4v) is 3.93. The number of hydrogen-bond acceptors (Lipinski definition) is 4. The third-order valence-corrected chi connectivity index (χ3v) is 5.84. The minimum atomic E-state index is -1.23. The summed E-state index contributed by atoms with van der Waals surface area (Å²) in [5, 5.41) is 23.5. The minimum Gasteiger partial charge on any atom is -0.481 e. The van der Waals surface area contributed by atoms with Gasteiger partial charge in [0.25, 0.3) is 0 Å². The van der Waals surface area contributed by atoms with Crippen LogP contribution in [0, 0.1) is 12.3 Å². The number of benzene rings is 2. The van der Waals surface area contributed by atoms with E-state index in [1.54, 1.807) is 0 Å². The molecule has 0 aliphatic carbocycles. The van der Waals surface area contributed by atoms with Gasteiger partial charge in [-0.05, 0) is 43.0 Å². The van der Waals surface area contributed by atoms with Gasteiger partial charge in [-0.3, -0.25) is 14.5 Å². The second-order valence-corrected chi connectivity index (χ2v) is 7.83. The lowest BCUT2D eigenvalue weighted by atomic mass is 9.71. The molecular formula is C23H28N2O4. The largest absolute Gasteiger partial charge is 0.481 e. The molecule has 1 fully saturated rings. The van der Waals surface area contributed by atoms with E-state index >= 15 is 0 Å². The number of nitrogens with zero attached hydrogens (tertiary/aromatic N) is 1. The first-order valence-corrected chi connectivity index (χ1v) is 9.90. The van der Waals surface area contributed by atoms with Crippen molar-refractivity contribution >= 4 is 11.9 Å². The van der Waals surface area contributed by atoms with Crippen LogP contribution in [0.25, 0.3) is 0 Å². The predicted molar refractivity (Wildman–Crippen MR) is 110 cm³/mol. The van der Waals surface area contributed by atoms with E-state index in [4.69, 9.17) is 0 Å². The molecule has 1 unspecified atom stereocenters. The Balaban J connectivity index is 1.57. The molecule has 2 atom stereocenters. The average molecular weight is 396 g/mol. The van der Waals surface area contributed by atoms with Gasteiger partial charge in [-0.25, -0.2) is 0 Å². The fourth-order valence-electron chi connectivity index (χ4n) is 3.93. The van der Waals surface area contributed by atoms with Crippen LogP contribution in [0.15, 0.2) is 54.6 Å². The van der Waals surface area contributed by atoms with Gasteiger partial charge >= 0.3 is 5.97 Å². The van der Waals surface area contributed by atoms with Crippen molar-refractivity contribution in [2.75, 3.05) is 19.6 Å². The van der Waals surface area contributed by atoms with Crippen LogP contribution < -0.4 is 5.32 Å². The van der Waals surface area contributed by atoms with E-state index in [1.165, 1.54) is 0 Å². The topological polar surface area (TPSA) is 89.9 Å². The molecular weight excluding hydrogens is 368 g/mol. The third-order valence-electron chi connectivity index (χ3n) is 5.84. The number of β-amino-alcohol motifs (C(OH)–C–C–N with tert-alkyl or cyclic N) is 1. The Morgan fingerprint density at radius 3 is 2.48 bits per heavy atom. The lowest BCUT2D eigenvalue weighted by Crippen LogP contribution is -2.57. The second kappa shape index (κ2) is 9.20. The Bertz CT molecular complexity index is 855. The van der Waals surface area contributed by atoms with Gasteiger partial charge in [-0.15, -0.1) is 0 Å². The number of aryl methyl sites for hydroxylation is 1. The number of nitrogens with one attached hydrogen (secondary N) is 1. The van der Waals surface area contributed by atoms with Crippen molar-refractivity contribution in [3.05, 3.63) is 71.3 Å². The summed E-state index contributed by atoms with van der Waals surface area (Å²) in [5.74, 6) is -1.12. The van der Waals surface area contributed by atoms with E-state index in [2.05, 4.69) is 5.32 Å². The molecule has 0 spiro atoms. The van der Waals surface area contributed by atoms with E-state index in [1.807, 2.05) is 66.4 Å². The zero-order chi connectivity index (χ0) is 20.9. The summed E-state index contributed by atoms with van der Waals surface area (Å²) in [5.41, 5.74) is 1.84. The molecule has 1 heterocycles. The molecule has 1 aliphatic rings. The van der Waals surface area contributed by atoms with Crippen LogP contribution in [-0.4, -0.2) is 52.7 Å². The smallest absolute Gasteiger partial charge is 0.312 e. The molecule has 6 nitrogen and oxygen atoms in total. The molecule has 29 heavy (non-hydrogen) atoms. The van der Waals surface area contributed by atoms with Gasteiger partial charge in [0, 0.05) is 13.1 Å². The molecule has 6 heteroatoms. The van der Waals surface area contributed by atoms with E-state index in [0.717, 1.165) is 16.7 Å². The van der Waals surface area contributed by atoms with Crippen LogP contribution in [0.2, 0.25) is 0 Å². The highest BCUT2D eigenvalue weighted by molar-refractivity contribution is 5.78. The fraction of sp³-hybridized carbons (Fsp3) is 0.391. The minimum absolute atomic E-state index is 0.133. The zero-order valence-corrected chi connectivity index (χ0v) is 16.7. The molecule has 1 saturated heterocycles. The lowest BCUT2D eigenvalue weighted by molar-refractivity contribution is -0.163. The summed E-state index contributed by atoms with van der Waals surface area (Å²) in [6.45, 7) is 3.21. The Kier molecular flexibility index (Phi) is 6.67.